The fraction of sp³-hybridized carbons (Fsp3) is 0.353. The van der Waals surface area contributed by atoms with E-state index < -0.39 is 0 Å². The van der Waals surface area contributed by atoms with Crippen molar-refractivity contribution in [2.24, 2.45) is 0 Å². The second-order valence-electron chi connectivity index (χ2n) is 5.04. The molecule has 0 bridgehead atoms. The van der Waals surface area contributed by atoms with Crippen molar-refractivity contribution in [3.8, 4) is 0 Å². The zero-order chi connectivity index (χ0) is 15.4. The van der Waals surface area contributed by atoms with Crippen LogP contribution < -0.4 is 0 Å². The maximum atomic E-state index is 12.4. The van der Waals surface area contributed by atoms with Crippen molar-refractivity contribution in [1.29, 1.82) is 0 Å². The normalized spacial score (nSPS) is 10.9. The molecule has 0 amide bonds. The molecular formula is C17H20ClNOS. The van der Waals surface area contributed by atoms with Crippen molar-refractivity contribution in [2.75, 3.05) is 5.75 Å². The molecule has 112 valence electrons. The third-order valence-electron chi connectivity index (χ3n) is 3.64. The predicted octanol–water partition coefficient (Wildman–Crippen LogP) is 4.89. The van der Waals surface area contributed by atoms with Crippen LogP contribution in [0.2, 0.25) is 5.02 Å². The van der Waals surface area contributed by atoms with Crippen molar-refractivity contribution in [3.63, 3.8) is 0 Å². The maximum Gasteiger partial charge on any atom is 0.174 e. The molecule has 0 aliphatic rings. The minimum atomic E-state index is 0.194. The first-order valence-electron chi connectivity index (χ1n) is 7.05. The summed E-state index contributed by atoms with van der Waals surface area (Å²) in [4.78, 5) is 12.4. The number of halogens is 1. The van der Waals surface area contributed by atoms with Crippen molar-refractivity contribution < 1.29 is 4.79 Å². The fourth-order valence-corrected chi connectivity index (χ4v) is 3.71. The number of carbonyl (C=O) groups excluding carboxylic acids is 1. The van der Waals surface area contributed by atoms with Gasteiger partial charge in [0.15, 0.2) is 5.78 Å². The van der Waals surface area contributed by atoms with Gasteiger partial charge in [-0.05, 0) is 38.5 Å². The van der Waals surface area contributed by atoms with Gasteiger partial charge in [-0.1, -0.05) is 29.8 Å². The van der Waals surface area contributed by atoms with Crippen LogP contribution in [0.3, 0.4) is 0 Å². The lowest BCUT2D eigenvalue weighted by molar-refractivity contribution is 0.102. The second-order valence-corrected chi connectivity index (χ2v) is 6.43. The highest BCUT2D eigenvalue weighted by molar-refractivity contribution is 7.99. The van der Waals surface area contributed by atoms with Crippen molar-refractivity contribution >= 4 is 29.1 Å². The number of thioether (sulfide) groups is 1. The highest BCUT2D eigenvalue weighted by atomic mass is 35.5. The quantitative estimate of drug-likeness (QED) is 0.706. The Bertz CT molecular complexity index is 648. The Hall–Kier alpha value is -1.19. The molecule has 1 aromatic carbocycles. The molecule has 0 atom stereocenters. The number of Topliss-reactive ketones (excluding diaryl/α,β-unsaturated/α-hetero) is 1. The van der Waals surface area contributed by atoms with Crippen LogP contribution in [0, 0.1) is 13.8 Å². The molecule has 0 fully saturated rings. The van der Waals surface area contributed by atoms with Gasteiger partial charge in [0, 0.05) is 34.3 Å². The summed E-state index contributed by atoms with van der Waals surface area (Å²) < 4.78 is 2.17. The van der Waals surface area contributed by atoms with Crippen molar-refractivity contribution in [3.05, 3.63) is 57.9 Å². The van der Waals surface area contributed by atoms with Gasteiger partial charge in [0.2, 0.25) is 0 Å². The van der Waals surface area contributed by atoms with Gasteiger partial charge < -0.3 is 4.57 Å². The number of carbonyl (C=O) groups is 1. The van der Waals surface area contributed by atoms with Crippen molar-refractivity contribution in [1.82, 2.24) is 4.57 Å². The van der Waals surface area contributed by atoms with Crippen molar-refractivity contribution in [2.45, 2.75) is 33.1 Å². The molecule has 2 aromatic rings. The average molecular weight is 322 g/mol. The fourth-order valence-electron chi connectivity index (χ4n) is 2.52. The van der Waals surface area contributed by atoms with Gasteiger partial charge in [-0.15, -0.1) is 11.8 Å². The summed E-state index contributed by atoms with van der Waals surface area (Å²) >= 11 is 7.73. The minimum absolute atomic E-state index is 0.194. The maximum absolute atomic E-state index is 12.4. The molecule has 0 saturated heterocycles. The number of benzene rings is 1. The summed E-state index contributed by atoms with van der Waals surface area (Å²) in [5.74, 6) is 1.44. The summed E-state index contributed by atoms with van der Waals surface area (Å²) in [6, 6.07) is 9.77. The number of aryl methyl sites for hydroxylation is 1. The van der Waals surface area contributed by atoms with E-state index in [1.165, 1.54) is 0 Å². The van der Waals surface area contributed by atoms with E-state index in [2.05, 4.69) is 11.5 Å². The molecule has 21 heavy (non-hydrogen) atoms. The van der Waals surface area contributed by atoms with E-state index in [1.54, 1.807) is 11.8 Å². The zero-order valence-corrected chi connectivity index (χ0v) is 14.2. The van der Waals surface area contributed by atoms with E-state index in [0.29, 0.717) is 5.75 Å². The summed E-state index contributed by atoms with van der Waals surface area (Å²) in [6.07, 6.45) is 0. The first-order chi connectivity index (χ1) is 10.0. The molecule has 0 aliphatic carbocycles. The first-order valence-corrected chi connectivity index (χ1v) is 8.59. The Kier molecular flexibility index (Phi) is 5.54. The van der Waals surface area contributed by atoms with E-state index in [0.717, 1.165) is 39.8 Å². The molecule has 2 nitrogen and oxygen atoms in total. The monoisotopic (exact) mass is 321 g/mol. The van der Waals surface area contributed by atoms with E-state index in [1.807, 2.05) is 44.2 Å². The van der Waals surface area contributed by atoms with Crippen LogP contribution in [0.5, 0.6) is 0 Å². The third-order valence-corrected chi connectivity index (χ3v) is 4.99. The van der Waals surface area contributed by atoms with Gasteiger partial charge in [-0.25, -0.2) is 0 Å². The van der Waals surface area contributed by atoms with Crippen LogP contribution in [-0.4, -0.2) is 16.1 Å². The minimum Gasteiger partial charge on any atom is -0.349 e. The molecule has 0 radical (unpaired) electrons. The average Bonchev–Trinajstić information content (AvgIpc) is 2.75. The van der Waals surface area contributed by atoms with Gasteiger partial charge in [0.1, 0.15) is 0 Å². The third kappa shape index (κ3) is 3.72. The van der Waals surface area contributed by atoms with Crippen LogP contribution in [0.25, 0.3) is 0 Å². The molecule has 0 aliphatic heterocycles. The number of nitrogens with zero attached hydrogens (tertiary/aromatic N) is 1. The Morgan fingerprint density at radius 1 is 1.29 bits per heavy atom. The van der Waals surface area contributed by atoms with Gasteiger partial charge in [0.05, 0.1) is 5.75 Å². The Morgan fingerprint density at radius 3 is 2.62 bits per heavy atom. The molecule has 1 heterocycles. The largest absolute Gasteiger partial charge is 0.349 e. The number of aromatic nitrogens is 1. The first kappa shape index (κ1) is 16.2. The predicted molar refractivity (Wildman–Crippen MR) is 91.5 cm³/mol. The summed E-state index contributed by atoms with van der Waals surface area (Å²) in [6.45, 7) is 7.06. The standard InChI is InChI=1S/C17H20ClNOS/c1-4-19-12(2)9-15(13(19)3)17(20)11-21-10-14-7-5-6-8-16(14)18/h5-9H,4,10-11H2,1-3H3. The lowest BCUT2D eigenvalue weighted by Gasteiger charge is -2.06. The number of ketones is 1. The smallest absolute Gasteiger partial charge is 0.174 e. The Labute approximate surface area is 135 Å². The summed E-state index contributed by atoms with van der Waals surface area (Å²) in [5.41, 5.74) is 4.14. The van der Waals surface area contributed by atoms with E-state index in [4.69, 9.17) is 11.6 Å². The number of hydrogen-bond acceptors (Lipinski definition) is 2. The van der Waals surface area contributed by atoms with E-state index in [9.17, 15) is 4.79 Å². The van der Waals surface area contributed by atoms with Crippen LogP contribution in [-0.2, 0) is 12.3 Å². The van der Waals surface area contributed by atoms with Gasteiger partial charge in [-0.3, -0.25) is 4.79 Å². The van der Waals surface area contributed by atoms with Crippen LogP contribution in [0.15, 0.2) is 30.3 Å². The zero-order valence-electron chi connectivity index (χ0n) is 12.6. The Balaban J connectivity index is 1.98. The second kappa shape index (κ2) is 7.19. The Morgan fingerprint density at radius 2 is 2.00 bits per heavy atom. The van der Waals surface area contributed by atoms with Gasteiger partial charge in [-0.2, -0.15) is 0 Å². The molecule has 0 spiro atoms. The molecule has 4 heteroatoms. The van der Waals surface area contributed by atoms with Gasteiger partial charge in [0.25, 0.3) is 0 Å². The molecule has 2 rings (SSSR count). The SMILES string of the molecule is CCn1c(C)cc(C(=O)CSCc2ccccc2Cl)c1C. The van der Waals surface area contributed by atoms with E-state index in [-0.39, 0.29) is 5.78 Å². The molecule has 1 aromatic heterocycles. The number of rotatable bonds is 6. The summed E-state index contributed by atoms with van der Waals surface area (Å²) in [7, 11) is 0. The van der Waals surface area contributed by atoms with Crippen LogP contribution in [0.1, 0.15) is 34.2 Å². The highest BCUT2D eigenvalue weighted by Gasteiger charge is 2.15. The lowest BCUT2D eigenvalue weighted by Crippen LogP contribution is -2.06. The van der Waals surface area contributed by atoms with Crippen LogP contribution >= 0.6 is 23.4 Å². The van der Waals surface area contributed by atoms with E-state index >= 15 is 0 Å². The lowest BCUT2D eigenvalue weighted by atomic mass is 10.2. The topological polar surface area (TPSA) is 22.0 Å². The molecule has 0 unspecified atom stereocenters. The van der Waals surface area contributed by atoms with Gasteiger partial charge >= 0.3 is 0 Å². The number of hydrogen-bond donors (Lipinski definition) is 0. The van der Waals surface area contributed by atoms with Crippen LogP contribution in [0.4, 0.5) is 0 Å². The molecular weight excluding hydrogens is 302 g/mol. The highest BCUT2D eigenvalue weighted by Crippen LogP contribution is 2.22. The summed E-state index contributed by atoms with van der Waals surface area (Å²) in [5, 5.41) is 0.765. The molecule has 0 N–H and O–H groups in total. The molecule has 0 saturated carbocycles.